The fraction of sp³-hybridized carbons (Fsp3) is 0.864. The van der Waals surface area contributed by atoms with E-state index in [-0.39, 0.29) is 24.9 Å². The zero-order chi connectivity index (χ0) is 24.5. The molecule has 3 atom stereocenters. The van der Waals surface area contributed by atoms with Crippen molar-refractivity contribution in [3.8, 4) is 0 Å². The minimum atomic E-state index is -1.40. The van der Waals surface area contributed by atoms with Gasteiger partial charge in [-0.3, -0.25) is 9.59 Å². The Morgan fingerprint density at radius 3 is 2.12 bits per heavy atom. The van der Waals surface area contributed by atoms with Crippen LogP contribution in [-0.2, 0) is 23.6 Å². The summed E-state index contributed by atoms with van der Waals surface area (Å²) in [5, 5.41) is 5.75. The highest BCUT2D eigenvalue weighted by molar-refractivity contribution is 6.45. The topological polar surface area (TPSA) is 129 Å². The van der Waals surface area contributed by atoms with Crippen LogP contribution in [0.1, 0.15) is 81.1 Å². The van der Waals surface area contributed by atoms with Gasteiger partial charge < -0.3 is 30.4 Å². The summed E-state index contributed by atoms with van der Waals surface area (Å²) in [6.07, 6.45) is 1.05. The van der Waals surface area contributed by atoms with Crippen LogP contribution in [0.15, 0.2) is 0 Å². The van der Waals surface area contributed by atoms with Gasteiger partial charge >= 0.3 is 13.2 Å². The van der Waals surface area contributed by atoms with Crippen molar-refractivity contribution in [2.75, 3.05) is 0 Å². The van der Waals surface area contributed by atoms with Crippen molar-refractivity contribution in [2.24, 2.45) is 11.7 Å². The summed E-state index contributed by atoms with van der Waals surface area (Å²) in [6.45, 7) is 15.0. The first-order chi connectivity index (χ1) is 14.5. The summed E-state index contributed by atoms with van der Waals surface area (Å²) in [6, 6.07) is 0. The molecule has 3 amide bonds. The molecule has 182 valence electrons. The molecule has 2 fully saturated rings. The van der Waals surface area contributed by atoms with E-state index >= 15 is 0 Å². The molecule has 1 aliphatic carbocycles. The third kappa shape index (κ3) is 6.16. The largest absolute Gasteiger partial charge is 0.457 e. The number of nitrogens with two attached hydrogens (primary N) is 1. The Morgan fingerprint density at radius 2 is 1.66 bits per heavy atom. The predicted octanol–water partition coefficient (Wildman–Crippen LogP) is 2.52. The SMILES string of the molecule is CC(=O)NC1(C(=O)NC(C)(C)C)CC(CCB2OC(C)(C)C(C)(C)O2)CCC1OC(N)=O. The molecule has 32 heavy (non-hydrogen) atoms. The lowest BCUT2D eigenvalue weighted by Gasteiger charge is -2.46. The summed E-state index contributed by atoms with van der Waals surface area (Å²) in [7, 11) is -0.335. The Hall–Kier alpha value is -1.81. The van der Waals surface area contributed by atoms with Gasteiger partial charge in [-0.2, -0.15) is 0 Å². The molecule has 0 aromatic heterocycles. The van der Waals surface area contributed by atoms with Crippen molar-refractivity contribution >= 4 is 25.0 Å². The number of carbonyl (C=O) groups excluding carboxylic acids is 3. The van der Waals surface area contributed by atoms with E-state index in [1.54, 1.807) is 0 Å². The first kappa shape index (κ1) is 26.4. The second-order valence-electron chi connectivity index (χ2n) is 11.2. The quantitative estimate of drug-likeness (QED) is 0.530. The van der Waals surface area contributed by atoms with E-state index in [1.165, 1.54) is 6.92 Å². The van der Waals surface area contributed by atoms with E-state index < -0.39 is 34.5 Å². The Balaban J connectivity index is 2.22. The van der Waals surface area contributed by atoms with Crippen LogP contribution in [0.25, 0.3) is 0 Å². The Labute approximate surface area is 192 Å². The van der Waals surface area contributed by atoms with Gasteiger partial charge in [-0.1, -0.05) is 6.42 Å². The van der Waals surface area contributed by atoms with E-state index in [1.807, 2.05) is 48.5 Å². The van der Waals surface area contributed by atoms with Gasteiger partial charge in [-0.05, 0) is 80.0 Å². The van der Waals surface area contributed by atoms with Gasteiger partial charge in [0, 0.05) is 12.5 Å². The average molecular weight is 453 g/mol. The molecule has 0 bridgehead atoms. The Bertz CT molecular complexity index is 720. The van der Waals surface area contributed by atoms with Gasteiger partial charge in [0.15, 0.2) is 5.54 Å². The van der Waals surface area contributed by atoms with Crippen molar-refractivity contribution in [2.45, 2.75) is 116 Å². The third-order valence-electron chi connectivity index (χ3n) is 6.66. The minimum Gasteiger partial charge on any atom is -0.443 e. The van der Waals surface area contributed by atoms with Crippen LogP contribution in [0.5, 0.6) is 0 Å². The number of amides is 3. The van der Waals surface area contributed by atoms with Gasteiger partial charge in [-0.15, -0.1) is 0 Å². The maximum absolute atomic E-state index is 13.4. The van der Waals surface area contributed by atoms with E-state index in [0.29, 0.717) is 19.2 Å². The summed E-state index contributed by atoms with van der Waals surface area (Å²) >= 11 is 0. The number of hydrogen-bond donors (Lipinski definition) is 3. The number of rotatable bonds is 6. The maximum Gasteiger partial charge on any atom is 0.457 e. The first-order valence-electron chi connectivity index (χ1n) is 11.4. The fourth-order valence-electron chi connectivity index (χ4n) is 4.52. The lowest BCUT2D eigenvalue weighted by atomic mass is 9.68. The van der Waals surface area contributed by atoms with Crippen molar-refractivity contribution in [1.29, 1.82) is 0 Å². The molecule has 1 saturated heterocycles. The van der Waals surface area contributed by atoms with Crippen LogP contribution in [0.2, 0.25) is 6.32 Å². The number of primary amides is 1. The summed E-state index contributed by atoms with van der Waals surface area (Å²) in [5.41, 5.74) is 2.55. The molecule has 9 nitrogen and oxygen atoms in total. The molecule has 0 aromatic rings. The second kappa shape index (κ2) is 9.21. The molecule has 0 radical (unpaired) electrons. The van der Waals surface area contributed by atoms with Crippen molar-refractivity contribution < 1.29 is 28.4 Å². The molecule has 1 aliphatic heterocycles. The molecule has 3 unspecified atom stereocenters. The van der Waals surface area contributed by atoms with Crippen LogP contribution in [0.4, 0.5) is 4.79 Å². The monoisotopic (exact) mass is 453 g/mol. The summed E-state index contributed by atoms with van der Waals surface area (Å²) in [4.78, 5) is 37.1. The molecule has 10 heteroatoms. The van der Waals surface area contributed by atoms with Crippen LogP contribution in [0, 0.1) is 5.92 Å². The maximum atomic E-state index is 13.4. The van der Waals surface area contributed by atoms with Crippen LogP contribution >= 0.6 is 0 Å². The van der Waals surface area contributed by atoms with E-state index in [4.69, 9.17) is 19.8 Å². The van der Waals surface area contributed by atoms with Crippen LogP contribution in [-0.4, -0.2) is 53.4 Å². The minimum absolute atomic E-state index is 0.0966. The highest BCUT2D eigenvalue weighted by Crippen LogP contribution is 2.41. The average Bonchev–Trinajstić information content (AvgIpc) is 2.79. The fourth-order valence-corrected chi connectivity index (χ4v) is 4.52. The highest BCUT2D eigenvalue weighted by atomic mass is 16.7. The number of nitrogens with one attached hydrogen (secondary N) is 2. The van der Waals surface area contributed by atoms with E-state index in [2.05, 4.69) is 10.6 Å². The lowest BCUT2D eigenvalue weighted by Crippen LogP contribution is -2.69. The first-order valence-corrected chi connectivity index (χ1v) is 11.4. The Morgan fingerprint density at radius 1 is 1.09 bits per heavy atom. The Kier molecular flexibility index (Phi) is 7.61. The lowest BCUT2D eigenvalue weighted by molar-refractivity contribution is -0.143. The van der Waals surface area contributed by atoms with Gasteiger partial charge in [0.25, 0.3) is 0 Å². The molecule has 4 N–H and O–H groups in total. The van der Waals surface area contributed by atoms with E-state index in [9.17, 15) is 14.4 Å². The molecule has 2 aliphatic rings. The van der Waals surface area contributed by atoms with Crippen molar-refractivity contribution in [1.82, 2.24) is 10.6 Å². The van der Waals surface area contributed by atoms with Gasteiger partial charge in [0.05, 0.1) is 11.2 Å². The molecule has 0 spiro atoms. The normalized spacial score (nSPS) is 29.3. The smallest absolute Gasteiger partial charge is 0.443 e. The molecule has 1 heterocycles. The standard InChI is InChI=1S/C22H40BN3O6/c1-14(27)25-22(17(28)26-19(2,3)4)13-15(9-10-16(22)30-18(24)29)11-12-23-31-20(5,6)21(7,8)32-23/h15-16H,9-13H2,1-8H3,(H2,24,29)(H,25,27)(H,26,28). The second-order valence-corrected chi connectivity index (χ2v) is 11.2. The van der Waals surface area contributed by atoms with Gasteiger partial charge in [-0.25, -0.2) is 4.79 Å². The van der Waals surface area contributed by atoms with Crippen molar-refractivity contribution in [3.63, 3.8) is 0 Å². The zero-order valence-electron chi connectivity index (χ0n) is 20.8. The van der Waals surface area contributed by atoms with Gasteiger partial charge in [0.2, 0.25) is 11.8 Å². The third-order valence-corrected chi connectivity index (χ3v) is 6.66. The molecule has 1 saturated carbocycles. The summed E-state index contributed by atoms with van der Waals surface area (Å²) in [5.74, 6) is -0.662. The van der Waals surface area contributed by atoms with Gasteiger partial charge in [0.1, 0.15) is 6.10 Å². The van der Waals surface area contributed by atoms with Crippen LogP contribution < -0.4 is 16.4 Å². The van der Waals surface area contributed by atoms with E-state index in [0.717, 1.165) is 12.8 Å². The number of ether oxygens (including phenoxy) is 1. The summed E-state index contributed by atoms with van der Waals surface area (Å²) < 4.78 is 17.5. The molecule has 0 aromatic carbocycles. The zero-order valence-corrected chi connectivity index (χ0v) is 20.8. The predicted molar refractivity (Wildman–Crippen MR) is 122 cm³/mol. The molecular formula is C22H40BN3O6. The van der Waals surface area contributed by atoms with Crippen LogP contribution in [0.3, 0.4) is 0 Å². The molecule has 2 rings (SSSR count). The van der Waals surface area contributed by atoms with Crippen molar-refractivity contribution in [3.05, 3.63) is 0 Å². The number of carbonyl (C=O) groups is 3. The molecular weight excluding hydrogens is 413 g/mol. The number of hydrogen-bond acceptors (Lipinski definition) is 6. The highest BCUT2D eigenvalue weighted by Gasteiger charge is 2.54.